The van der Waals surface area contributed by atoms with Crippen LogP contribution < -0.4 is 20.1 Å². The minimum atomic E-state index is -0.279. The van der Waals surface area contributed by atoms with Gasteiger partial charge in [-0.15, -0.1) is 11.3 Å². The normalized spacial score (nSPS) is 20.6. The smallest absolute Gasteiger partial charge is 0.256 e. The Balaban J connectivity index is 1.61. The minimum absolute atomic E-state index is 0.0207. The zero-order valence-corrected chi connectivity index (χ0v) is 19.4. The highest BCUT2D eigenvalue weighted by Crippen LogP contribution is 2.46. The molecule has 5 nitrogen and oxygen atoms in total. The molecule has 2 atom stereocenters. The highest BCUT2D eigenvalue weighted by molar-refractivity contribution is 7.16. The lowest BCUT2D eigenvalue weighted by molar-refractivity contribution is 0.0934. The second-order valence-electron chi connectivity index (χ2n) is 9.14. The molecule has 162 valence electrons. The number of nitrogens with one attached hydrogen (secondary N) is 2. The van der Waals surface area contributed by atoms with Crippen molar-refractivity contribution in [2.75, 3.05) is 18.5 Å². The van der Waals surface area contributed by atoms with Crippen molar-refractivity contribution in [3.05, 3.63) is 39.8 Å². The van der Waals surface area contributed by atoms with Gasteiger partial charge in [-0.1, -0.05) is 26.8 Å². The van der Waals surface area contributed by atoms with Crippen LogP contribution in [0.2, 0.25) is 0 Å². The summed E-state index contributed by atoms with van der Waals surface area (Å²) in [5, 5.41) is 7.71. The fourth-order valence-electron chi connectivity index (χ4n) is 4.45. The van der Waals surface area contributed by atoms with Crippen LogP contribution in [0.1, 0.15) is 73.6 Å². The Morgan fingerprint density at radius 2 is 1.83 bits per heavy atom. The number of ether oxygens (including phenoxy) is 2. The highest BCUT2D eigenvalue weighted by Gasteiger charge is 2.36. The van der Waals surface area contributed by atoms with Crippen molar-refractivity contribution in [1.82, 2.24) is 5.32 Å². The number of thiophene rings is 1. The quantitative estimate of drug-likeness (QED) is 0.655. The van der Waals surface area contributed by atoms with Gasteiger partial charge in [-0.3, -0.25) is 4.79 Å². The molecule has 4 rings (SSSR count). The number of carbonyl (C=O) groups excluding carboxylic acids is 1. The van der Waals surface area contributed by atoms with Gasteiger partial charge in [0.2, 0.25) is 0 Å². The Morgan fingerprint density at radius 3 is 2.53 bits per heavy atom. The summed E-state index contributed by atoms with van der Waals surface area (Å²) in [5.41, 5.74) is 3.35. The molecule has 2 aromatic rings. The lowest BCUT2D eigenvalue weighted by Gasteiger charge is -2.34. The fourth-order valence-corrected chi connectivity index (χ4v) is 5.80. The summed E-state index contributed by atoms with van der Waals surface area (Å²) in [6, 6.07) is 5.86. The first-order chi connectivity index (χ1) is 14.3. The molecule has 6 heteroatoms. The lowest BCUT2D eigenvalue weighted by atomic mass is 9.72. The molecule has 1 aliphatic heterocycles. The maximum absolute atomic E-state index is 13.1. The van der Waals surface area contributed by atoms with Crippen molar-refractivity contribution in [2.24, 2.45) is 11.3 Å². The Labute approximate surface area is 183 Å². The molecule has 0 saturated heterocycles. The third kappa shape index (κ3) is 3.89. The van der Waals surface area contributed by atoms with Gasteiger partial charge < -0.3 is 20.1 Å². The minimum Gasteiger partial charge on any atom is -0.490 e. The summed E-state index contributed by atoms with van der Waals surface area (Å²) < 4.78 is 11.4. The number of benzene rings is 1. The Kier molecular flexibility index (Phi) is 5.71. The van der Waals surface area contributed by atoms with Crippen LogP contribution in [0.5, 0.6) is 11.5 Å². The van der Waals surface area contributed by atoms with Gasteiger partial charge in [0, 0.05) is 4.88 Å². The maximum atomic E-state index is 13.1. The molecule has 0 fully saturated rings. The topological polar surface area (TPSA) is 59.6 Å². The van der Waals surface area contributed by atoms with Crippen molar-refractivity contribution in [1.29, 1.82) is 0 Å². The van der Waals surface area contributed by atoms with E-state index in [0.717, 1.165) is 41.1 Å². The van der Waals surface area contributed by atoms with Crippen LogP contribution in [0.15, 0.2) is 18.2 Å². The summed E-state index contributed by atoms with van der Waals surface area (Å²) in [4.78, 5) is 14.4. The van der Waals surface area contributed by atoms with E-state index in [2.05, 4.69) is 31.4 Å². The van der Waals surface area contributed by atoms with Crippen molar-refractivity contribution in [2.45, 2.75) is 60.0 Å². The molecule has 1 aromatic carbocycles. The average Bonchev–Trinajstić information content (AvgIpc) is 3.07. The van der Waals surface area contributed by atoms with Gasteiger partial charge in [0.1, 0.15) is 11.2 Å². The number of amides is 1. The monoisotopic (exact) mass is 428 g/mol. The summed E-state index contributed by atoms with van der Waals surface area (Å²) >= 11 is 1.76. The van der Waals surface area contributed by atoms with E-state index in [1.165, 1.54) is 10.4 Å². The number of hydrogen-bond acceptors (Lipinski definition) is 5. The van der Waals surface area contributed by atoms with Crippen molar-refractivity contribution >= 4 is 22.2 Å². The van der Waals surface area contributed by atoms with Gasteiger partial charge in [-0.05, 0) is 67.7 Å². The first kappa shape index (κ1) is 21.0. The van der Waals surface area contributed by atoms with Crippen LogP contribution in [0.25, 0.3) is 0 Å². The lowest BCUT2D eigenvalue weighted by Crippen LogP contribution is -2.38. The standard InChI is InChI=1S/C24H32N2O3S/c1-6-28-17-11-8-14(12-18(17)29-7-2)21-25-22(27)20-16-10-9-15(24(3,4)5)13-19(16)30-23(20)26-21/h8,11-12,15,21,26H,6-7,9-10,13H2,1-5H3,(H,25,27)/t15-,21+/m1/s1. The van der Waals surface area contributed by atoms with E-state index in [4.69, 9.17) is 9.47 Å². The molecular formula is C24H32N2O3S. The molecule has 0 unspecified atom stereocenters. The second kappa shape index (κ2) is 8.14. The SMILES string of the molecule is CCOc1ccc([C@H]2NC(=O)c3c(sc4c3CC[C@@H](C(C)(C)C)C4)N2)cc1OCC. The third-order valence-electron chi connectivity index (χ3n) is 6.17. The van der Waals surface area contributed by atoms with E-state index in [0.29, 0.717) is 30.3 Å². The van der Waals surface area contributed by atoms with E-state index in [1.807, 2.05) is 32.0 Å². The van der Waals surface area contributed by atoms with E-state index in [1.54, 1.807) is 11.3 Å². The molecule has 2 aliphatic rings. The molecule has 1 aliphatic carbocycles. The maximum Gasteiger partial charge on any atom is 0.256 e. The van der Waals surface area contributed by atoms with Crippen LogP contribution >= 0.6 is 11.3 Å². The molecule has 0 saturated carbocycles. The zero-order chi connectivity index (χ0) is 21.5. The number of hydrogen-bond donors (Lipinski definition) is 2. The van der Waals surface area contributed by atoms with Crippen LogP contribution in [0, 0.1) is 11.3 Å². The Morgan fingerprint density at radius 1 is 1.10 bits per heavy atom. The van der Waals surface area contributed by atoms with Crippen molar-refractivity contribution in [3.8, 4) is 11.5 Å². The van der Waals surface area contributed by atoms with E-state index in [9.17, 15) is 4.79 Å². The predicted molar refractivity (Wildman–Crippen MR) is 122 cm³/mol. The van der Waals surface area contributed by atoms with Gasteiger partial charge in [0.05, 0.1) is 18.8 Å². The van der Waals surface area contributed by atoms with Gasteiger partial charge in [-0.25, -0.2) is 0 Å². The summed E-state index contributed by atoms with van der Waals surface area (Å²) in [5.74, 6) is 2.11. The summed E-state index contributed by atoms with van der Waals surface area (Å²) in [6.07, 6.45) is 2.92. The first-order valence-corrected chi connectivity index (χ1v) is 11.7. The third-order valence-corrected chi connectivity index (χ3v) is 7.35. The van der Waals surface area contributed by atoms with E-state index >= 15 is 0 Å². The first-order valence-electron chi connectivity index (χ1n) is 10.9. The molecular weight excluding hydrogens is 396 g/mol. The van der Waals surface area contributed by atoms with Gasteiger partial charge in [0.25, 0.3) is 5.91 Å². The highest BCUT2D eigenvalue weighted by atomic mass is 32.1. The largest absolute Gasteiger partial charge is 0.490 e. The molecule has 0 spiro atoms. The Hall–Kier alpha value is -2.21. The van der Waals surface area contributed by atoms with Gasteiger partial charge in [0.15, 0.2) is 11.5 Å². The average molecular weight is 429 g/mol. The van der Waals surface area contributed by atoms with E-state index in [-0.39, 0.29) is 12.1 Å². The van der Waals surface area contributed by atoms with Crippen molar-refractivity contribution < 1.29 is 14.3 Å². The Bertz CT molecular complexity index is 945. The summed E-state index contributed by atoms with van der Waals surface area (Å²) in [7, 11) is 0. The predicted octanol–water partition coefficient (Wildman–Crippen LogP) is 5.55. The molecule has 0 bridgehead atoms. The molecule has 30 heavy (non-hydrogen) atoms. The fraction of sp³-hybridized carbons (Fsp3) is 0.542. The summed E-state index contributed by atoms with van der Waals surface area (Å²) in [6.45, 7) is 12.0. The molecule has 1 amide bonds. The van der Waals surface area contributed by atoms with Crippen LogP contribution in [0.4, 0.5) is 5.00 Å². The molecule has 1 aromatic heterocycles. The van der Waals surface area contributed by atoms with Crippen LogP contribution in [-0.4, -0.2) is 19.1 Å². The second-order valence-corrected chi connectivity index (χ2v) is 10.2. The van der Waals surface area contributed by atoms with Crippen molar-refractivity contribution in [3.63, 3.8) is 0 Å². The molecule has 0 radical (unpaired) electrons. The number of carbonyl (C=O) groups is 1. The number of anilines is 1. The number of rotatable bonds is 5. The number of fused-ring (bicyclic) bond motifs is 3. The zero-order valence-electron chi connectivity index (χ0n) is 18.6. The van der Waals surface area contributed by atoms with Crippen LogP contribution in [0.3, 0.4) is 0 Å². The van der Waals surface area contributed by atoms with E-state index < -0.39 is 0 Å². The van der Waals surface area contributed by atoms with Gasteiger partial charge in [-0.2, -0.15) is 0 Å². The van der Waals surface area contributed by atoms with Gasteiger partial charge >= 0.3 is 0 Å². The van der Waals surface area contributed by atoms with Crippen LogP contribution in [-0.2, 0) is 12.8 Å². The molecule has 2 heterocycles. The molecule has 2 N–H and O–H groups in total.